The number of hydrogen-bond acceptors (Lipinski definition) is 5. The Balaban J connectivity index is 3.20. The van der Waals surface area contributed by atoms with Gasteiger partial charge in [-0.2, -0.15) is 0 Å². The fourth-order valence-corrected chi connectivity index (χ4v) is 0.735. The van der Waals surface area contributed by atoms with E-state index in [1.165, 1.54) is 0 Å². The third-order valence-electron chi connectivity index (χ3n) is 1.31. The van der Waals surface area contributed by atoms with Crippen LogP contribution in [0.25, 0.3) is 0 Å². The Hall–Kier alpha value is -1.18. The molecule has 2 amide bonds. The Morgan fingerprint density at radius 1 is 1.13 bits per heavy atom. The zero-order valence-corrected chi connectivity index (χ0v) is 8.53. The molecule has 0 saturated carbocycles. The third-order valence-corrected chi connectivity index (χ3v) is 1.31. The lowest BCUT2D eigenvalue weighted by Gasteiger charge is -2.05. The van der Waals surface area contributed by atoms with Crippen LogP contribution in [0.1, 0.15) is 0 Å². The summed E-state index contributed by atoms with van der Waals surface area (Å²) >= 11 is 0. The Bertz CT molecular complexity index is 198. The minimum atomic E-state index is -0.535. The Morgan fingerprint density at radius 2 is 1.80 bits per heavy atom. The number of carbonyl (C=O) groups is 2. The molecule has 0 rings (SSSR count). The second-order valence-electron chi connectivity index (χ2n) is 2.71. The molecule has 0 fully saturated rings. The van der Waals surface area contributed by atoms with Gasteiger partial charge in [-0.15, -0.1) is 0 Å². The first kappa shape index (κ1) is 13.8. The van der Waals surface area contributed by atoms with Crippen LogP contribution >= 0.6 is 0 Å². The highest BCUT2D eigenvalue weighted by molar-refractivity contribution is 5.77. The standard InChI is InChI=1S/C8H17N3O4/c9-1-3-14-6-8(13)11-2-4-15-5-7(10)12/h1-6,9H2,(H2,10,12)(H,11,13). The molecule has 0 aliphatic heterocycles. The van der Waals surface area contributed by atoms with Crippen LogP contribution in [0.15, 0.2) is 0 Å². The fraction of sp³-hybridized carbons (Fsp3) is 0.750. The van der Waals surface area contributed by atoms with E-state index in [2.05, 4.69) is 5.32 Å². The van der Waals surface area contributed by atoms with Gasteiger partial charge in [-0.3, -0.25) is 9.59 Å². The monoisotopic (exact) mass is 219 g/mol. The van der Waals surface area contributed by atoms with E-state index in [1.54, 1.807) is 0 Å². The largest absolute Gasteiger partial charge is 0.370 e. The second kappa shape index (κ2) is 9.38. The summed E-state index contributed by atoms with van der Waals surface area (Å²) in [5.41, 5.74) is 9.99. The van der Waals surface area contributed by atoms with Gasteiger partial charge in [0.2, 0.25) is 11.8 Å². The maximum absolute atomic E-state index is 11.0. The summed E-state index contributed by atoms with van der Waals surface area (Å²) in [6.45, 7) is 1.14. The van der Waals surface area contributed by atoms with Crippen LogP contribution in [0, 0.1) is 0 Å². The van der Waals surface area contributed by atoms with E-state index < -0.39 is 5.91 Å². The van der Waals surface area contributed by atoms with Gasteiger partial charge in [0.05, 0.1) is 13.2 Å². The molecule has 0 saturated heterocycles. The van der Waals surface area contributed by atoms with Crippen molar-refractivity contribution >= 4 is 11.8 Å². The number of amides is 2. The molecular weight excluding hydrogens is 202 g/mol. The summed E-state index contributed by atoms with van der Waals surface area (Å²) in [4.78, 5) is 21.2. The van der Waals surface area contributed by atoms with E-state index in [0.717, 1.165) is 0 Å². The zero-order chi connectivity index (χ0) is 11.5. The highest BCUT2D eigenvalue weighted by atomic mass is 16.5. The van der Waals surface area contributed by atoms with Crippen molar-refractivity contribution in [2.45, 2.75) is 0 Å². The number of primary amides is 1. The zero-order valence-electron chi connectivity index (χ0n) is 8.53. The molecule has 0 atom stereocenters. The lowest BCUT2D eigenvalue weighted by Crippen LogP contribution is -2.32. The number of hydrogen-bond donors (Lipinski definition) is 3. The Morgan fingerprint density at radius 3 is 2.40 bits per heavy atom. The van der Waals surface area contributed by atoms with Gasteiger partial charge in [-0.1, -0.05) is 0 Å². The van der Waals surface area contributed by atoms with E-state index in [-0.39, 0.29) is 25.7 Å². The number of ether oxygens (including phenoxy) is 2. The van der Waals surface area contributed by atoms with Crippen molar-refractivity contribution in [3.8, 4) is 0 Å². The second-order valence-corrected chi connectivity index (χ2v) is 2.71. The molecule has 7 heteroatoms. The minimum Gasteiger partial charge on any atom is -0.370 e. The van der Waals surface area contributed by atoms with E-state index in [0.29, 0.717) is 19.7 Å². The normalized spacial score (nSPS) is 9.93. The van der Waals surface area contributed by atoms with Crippen LogP contribution < -0.4 is 16.8 Å². The lowest BCUT2D eigenvalue weighted by atomic mass is 10.5. The third kappa shape index (κ3) is 10.7. The topological polar surface area (TPSA) is 117 Å². The van der Waals surface area contributed by atoms with Gasteiger partial charge in [-0.25, -0.2) is 0 Å². The molecule has 0 bridgehead atoms. The van der Waals surface area contributed by atoms with Crippen molar-refractivity contribution < 1.29 is 19.1 Å². The average molecular weight is 219 g/mol. The van der Waals surface area contributed by atoms with Crippen molar-refractivity contribution in [2.75, 3.05) is 39.5 Å². The van der Waals surface area contributed by atoms with Crippen molar-refractivity contribution in [3.63, 3.8) is 0 Å². The van der Waals surface area contributed by atoms with Gasteiger partial charge >= 0.3 is 0 Å². The van der Waals surface area contributed by atoms with Crippen LogP contribution in [0.2, 0.25) is 0 Å². The summed E-state index contributed by atoms with van der Waals surface area (Å²) in [7, 11) is 0. The van der Waals surface area contributed by atoms with E-state index in [4.69, 9.17) is 20.9 Å². The molecular formula is C8H17N3O4. The molecule has 0 aliphatic rings. The summed E-state index contributed by atoms with van der Waals surface area (Å²) in [5.74, 6) is -0.779. The van der Waals surface area contributed by atoms with Crippen molar-refractivity contribution in [2.24, 2.45) is 11.5 Å². The molecule has 0 aromatic carbocycles. The molecule has 0 spiro atoms. The van der Waals surface area contributed by atoms with Gasteiger partial charge in [0.15, 0.2) is 0 Å². The van der Waals surface area contributed by atoms with Crippen molar-refractivity contribution in [1.82, 2.24) is 5.32 Å². The first-order chi connectivity index (χ1) is 7.16. The van der Waals surface area contributed by atoms with E-state index in [9.17, 15) is 9.59 Å². The summed E-state index contributed by atoms with van der Waals surface area (Å²) < 4.78 is 9.71. The number of rotatable bonds is 9. The molecule has 0 aromatic rings. The quantitative estimate of drug-likeness (QED) is 0.373. The number of nitrogens with one attached hydrogen (secondary N) is 1. The first-order valence-electron chi connectivity index (χ1n) is 4.57. The lowest BCUT2D eigenvalue weighted by molar-refractivity contribution is -0.125. The minimum absolute atomic E-state index is 0.0208. The van der Waals surface area contributed by atoms with Gasteiger partial charge in [0.1, 0.15) is 13.2 Å². The predicted octanol–water partition coefficient (Wildman–Crippen LogP) is -2.42. The highest BCUT2D eigenvalue weighted by Gasteiger charge is 2.00. The van der Waals surface area contributed by atoms with Crippen LogP contribution in [0.5, 0.6) is 0 Å². The molecule has 88 valence electrons. The molecule has 7 nitrogen and oxygen atoms in total. The van der Waals surface area contributed by atoms with Gasteiger partial charge in [-0.05, 0) is 0 Å². The van der Waals surface area contributed by atoms with Crippen LogP contribution in [-0.4, -0.2) is 51.3 Å². The summed E-state index contributed by atoms with van der Waals surface area (Å²) in [6, 6.07) is 0. The van der Waals surface area contributed by atoms with Gasteiger partial charge < -0.3 is 26.3 Å². The van der Waals surface area contributed by atoms with Crippen molar-refractivity contribution in [1.29, 1.82) is 0 Å². The van der Waals surface area contributed by atoms with Crippen LogP contribution in [-0.2, 0) is 19.1 Å². The molecule has 0 aromatic heterocycles. The molecule has 0 aliphatic carbocycles. The number of carbonyl (C=O) groups excluding carboxylic acids is 2. The average Bonchev–Trinajstić information content (AvgIpc) is 2.17. The molecule has 5 N–H and O–H groups in total. The predicted molar refractivity (Wildman–Crippen MR) is 52.9 cm³/mol. The Labute approximate surface area is 88.1 Å². The van der Waals surface area contributed by atoms with Crippen molar-refractivity contribution in [3.05, 3.63) is 0 Å². The molecule has 0 radical (unpaired) electrons. The number of nitrogens with two attached hydrogens (primary N) is 2. The van der Waals surface area contributed by atoms with Gasteiger partial charge in [0.25, 0.3) is 0 Å². The maximum atomic E-state index is 11.0. The highest BCUT2D eigenvalue weighted by Crippen LogP contribution is 1.75. The summed E-state index contributed by atoms with van der Waals surface area (Å²) in [5, 5.41) is 2.53. The molecule has 0 unspecified atom stereocenters. The maximum Gasteiger partial charge on any atom is 0.246 e. The SMILES string of the molecule is NCCOCC(=O)NCCOCC(N)=O. The fourth-order valence-electron chi connectivity index (χ4n) is 0.735. The van der Waals surface area contributed by atoms with E-state index >= 15 is 0 Å². The smallest absolute Gasteiger partial charge is 0.246 e. The Kier molecular flexibility index (Phi) is 8.64. The van der Waals surface area contributed by atoms with Crippen LogP contribution in [0.3, 0.4) is 0 Å². The summed E-state index contributed by atoms with van der Waals surface area (Å²) in [6.07, 6.45) is 0. The van der Waals surface area contributed by atoms with Gasteiger partial charge in [0, 0.05) is 13.1 Å². The van der Waals surface area contributed by atoms with E-state index in [1.807, 2.05) is 0 Å². The molecule has 0 heterocycles. The first-order valence-corrected chi connectivity index (χ1v) is 4.57. The molecule has 15 heavy (non-hydrogen) atoms. The van der Waals surface area contributed by atoms with Crippen LogP contribution in [0.4, 0.5) is 0 Å².